The zero-order valence-corrected chi connectivity index (χ0v) is 11.0. The first kappa shape index (κ1) is 14.4. The van der Waals surface area contributed by atoms with E-state index in [0.717, 1.165) is 5.69 Å². The summed E-state index contributed by atoms with van der Waals surface area (Å²) >= 11 is 5.76. The Morgan fingerprint density at radius 2 is 2.00 bits per heavy atom. The van der Waals surface area contributed by atoms with Gasteiger partial charge in [-0.1, -0.05) is 18.5 Å². The first-order valence-electron chi connectivity index (χ1n) is 5.50. The zero-order valence-electron chi connectivity index (χ0n) is 10.2. The maximum atomic E-state index is 9.22. The van der Waals surface area contributed by atoms with Crippen molar-refractivity contribution in [2.24, 2.45) is 5.41 Å². The van der Waals surface area contributed by atoms with Gasteiger partial charge < -0.3 is 10.2 Å². The molecule has 0 aliphatic rings. The van der Waals surface area contributed by atoms with Gasteiger partial charge in [0.05, 0.1) is 23.9 Å². The van der Waals surface area contributed by atoms with E-state index in [4.69, 9.17) is 11.6 Å². The molecular formula is C12H19ClN2O2. The van der Waals surface area contributed by atoms with E-state index in [0.29, 0.717) is 18.1 Å². The summed E-state index contributed by atoms with van der Waals surface area (Å²) in [5.41, 5.74) is 0.427. The molecule has 1 aromatic rings. The van der Waals surface area contributed by atoms with Gasteiger partial charge in [-0.15, -0.1) is 0 Å². The van der Waals surface area contributed by atoms with E-state index in [1.54, 1.807) is 12.3 Å². The van der Waals surface area contributed by atoms with Crippen molar-refractivity contribution in [3.8, 4) is 0 Å². The number of aliphatic hydroxyl groups is 2. The van der Waals surface area contributed by atoms with Gasteiger partial charge in [0.25, 0.3) is 0 Å². The van der Waals surface area contributed by atoms with Gasteiger partial charge in [0, 0.05) is 24.7 Å². The maximum Gasteiger partial charge on any atom is 0.0589 e. The van der Waals surface area contributed by atoms with Crippen LogP contribution in [-0.4, -0.2) is 46.9 Å². The number of rotatable bonds is 6. The predicted molar refractivity (Wildman–Crippen MR) is 67.9 cm³/mol. The summed E-state index contributed by atoms with van der Waals surface area (Å²) in [4.78, 5) is 6.22. The molecule has 0 amide bonds. The third-order valence-corrected chi connectivity index (χ3v) is 2.86. The Balaban J connectivity index is 2.54. The van der Waals surface area contributed by atoms with Gasteiger partial charge in [0.2, 0.25) is 0 Å². The molecule has 2 N–H and O–H groups in total. The van der Waals surface area contributed by atoms with Crippen molar-refractivity contribution in [2.45, 2.75) is 13.5 Å². The van der Waals surface area contributed by atoms with Gasteiger partial charge in [0.1, 0.15) is 0 Å². The van der Waals surface area contributed by atoms with Crippen LogP contribution in [0.1, 0.15) is 12.6 Å². The van der Waals surface area contributed by atoms with Crippen molar-refractivity contribution >= 4 is 11.6 Å². The van der Waals surface area contributed by atoms with Crippen molar-refractivity contribution in [2.75, 3.05) is 26.8 Å². The second kappa shape index (κ2) is 6.31. The molecule has 1 rings (SSSR count). The van der Waals surface area contributed by atoms with Crippen LogP contribution in [0.15, 0.2) is 18.3 Å². The quantitative estimate of drug-likeness (QED) is 0.804. The number of hydrogen-bond acceptors (Lipinski definition) is 4. The molecule has 5 heteroatoms. The predicted octanol–water partition coefficient (Wildman–Crippen LogP) is 1.16. The number of halogens is 1. The van der Waals surface area contributed by atoms with Crippen LogP contribution in [0.3, 0.4) is 0 Å². The Labute approximate surface area is 107 Å². The van der Waals surface area contributed by atoms with Crippen molar-refractivity contribution in [3.63, 3.8) is 0 Å². The van der Waals surface area contributed by atoms with E-state index < -0.39 is 5.41 Å². The Kier molecular flexibility index (Phi) is 5.33. The summed E-state index contributed by atoms with van der Waals surface area (Å²) in [7, 11) is 1.93. The molecule has 1 heterocycles. The van der Waals surface area contributed by atoms with E-state index in [1.165, 1.54) is 0 Å². The van der Waals surface area contributed by atoms with Gasteiger partial charge in [-0.2, -0.15) is 0 Å². The number of pyridine rings is 1. The zero-order chi connectivity index (χ0) is 12.9. The summed E-state index contributed by atoms with van der Waals surface area (Å²) in [6.07, 6.45) is 1.61. The highest BCUT2D eigenvalue weighted by molar-refractivity contribution is 6.30. The highest BCUT2D eigenvalue weighted by Crippen LogP contribution is 2.16. The van der Waals surface area contributed by atoms with Crippen LogP contribution in [0.25, 0.3) is 0 Å². The molecule has 0 radical (unpaired) electrons. The summed E-state index contributed by atoms with van der Waals surface area (Å²) in [6, 6.07) is 3.67. The standard InChI is InChI=1S/C12H19ClN2O2/c1-12(8-16,9-17)7-15(2)6-11-4-3-10(13)5-14-11/h3-5,16-17H,6-9H2,1-2H3. The van der Waals surface area contributed by atoms with Crippen LogP contribution >= 0.6 is 11.6 Å². The molecule has 0 unspecified atom stereocenters. The second-order valence-electron chi connectivity index (χ2n) is 4.77. The average Bonchev–Trinajstić information content (AvgIpc) is 2.32. The van der Waals surface area contributed by atoms with Crippen molar-refractivity contribution in [1.82, 2.24) is 9.88 Å². The Hall–Kier alpha value is -0.680. The number of hydrogen-bond donors (Lipinski definition) is 2. The summed E-state index contributed by atoms with van der Waals surface area (Å²) < 4.78 is 0. The van der Waals surface area contributed by atoms with E-state index >= 15 is 0 Å². The highest BCUT2D eigenvalue weighted by atomic mass is 35.5. The van der Waals surface area contributed by atoms with E-state index in [9.17, 15) is 10.2 Å². The fourth-order valence-corrected chi connectivity index (χ4v) is 1.75. The minimum absolute atomic E-state index is 0.0398. The SMILES string of the molecule is CN(Cc1ccc(Cl)cn1)CC(C)(CO)CO. The molecule has 4 nitrogen and oxygen atoms in total. The van der Waals surface area contributed by atoms with Crippen LogP contribution in [0.4, 0.5) is 0 Å². The van der Waals surface area contributed by atoms with Gasteiger partial charge in [0.15, 0.2) is 0 Å². The fourth-order valence-electron chi connectivity index (χ4n) is 1.63. The van der Waals surface area contributed by atoms with Crippen LogP contribution in [0.2, 0.25) is 5.02 Å². The summed E-state index contributed by atoms with van der Waals surface area (Å²) in [5, 5.41) is 19.1. The van der Waals surface area contributed by atoms with Gasteiger partial charge in [-0.05, 0) is 19.2 Å². The molecule has 0 saturated heterocycles. The molecule has 96 valence electrons. The molecular weight excluding hydrogens is 240 g/mol. The summed E-state index contributed by atoms with van der Waals surface area (Å²) in [5.74, 6) is 0. The number of nitrogens with zero attached hydrogens (tertiary/aromatic N) is 2. The second-order valence-corrected chi connectivity index (χ2v) is 5.20. The molecule has 0 aliphatic carbocycles. The van der Waals surface area contributed by atoms with Crippen molar-refractivity contribution in [1.29, 1.82) is 0 Å². The van der Waals surface area contributed by atoms with E-state index in [2.05, 4.69) is 4.98 Å². The van der Waals surface area contributed by atoms with Crippen molar-refractivity contribution < 1.29 is 10.2 Å². The Morgan fingerprint density at radius 1 is 1.35 bits per heavy atom. The monoisotopic (exact) mass is 258 g/mol. The maximum absolute atomic E-state index is 9.22. The minimum Gasteiger partial charge on any atom is -0.396 e. The highest BCUT2D eigenvalue weighted by Gasteiger charge is 2.24. The lowest BCUT2D eigenvalue weighted by Gasteiger charge is -2.30. The third kappa shape index (κ3) is 4.60. The van der Waals surface area contributed by atoms with Crippen molar-refractivity contribution in [3.05, 3.63) is 29.0 Å². The van der Waals surface area contributed by atoms with Crippen LogP contribution in [0.5, 0.6) is 0 Å². The van der Waals surface area contributed by atoms with Crippen LogP contribution < -0.4 is 0 Å². The molecule has 0 aromatic carbocycles. The lowest BCUT2D eigenvalue weighted by Crippen LogP contribution is -2.38. The minimum atomic E-state index is -0.485. The Morgan fingerprint density at radius 3 is 2.47 bits per heavy atom. The van der Waals surface area contributed by atoms with Gasteiger partial charge in [-0.3, -0.25) is 9.88 Å². The summed E-state index contributed by atoms with van der Waals surface area (Å²) in [6.45, 7) is 3.03. The first-order valence-corrected chi connectivity index (χ1v) is 5.87. The number of aliphatic hydroxyl groups excluding tert-OH is 2. The molecule has 0 saturated carbocycles. The third-order valence-electron chi connectivity index (χ3n) is 2.64. The molecule has 0 fully saturated rings. The normalized spacial score (nSPS) is 12.1. The van der Waals surface area contributed by atoms with Crippen LogP contribution in [0, 0.1) is 5.41 Å². The topological polar surface area (TPSA) is 56.6 Å². The average molecular weight is 259 g/mol. The fraction of sp³-hybridized carbons (Fsp3) is 0.583. The Bertz CT molecular complexity index is 339. The lowest BCUT2D eigenvalue weighted by molar-refractivity contribution is 0.0399. The smallest absolute Gasteiger partial charge is 0.0589 e. The molecule has 1 aromatic heterocycles. The van der Waals surface area contributed by atoms with Gasteiger partial charge >= 0.3 is 0 Å². The van der Waals surface area contributed by atoms with Gasteiger partial charge in [-0.25, -0.2) is 0 Å². The lowest BCUT2D eigenvalue weighted by atomic mass is 9.92. The largest absolute Gasteiger partial charge is 0.396 e. The molecule has 0 bridgehead atoms. The molecule has 0 atom stereocenters. The number of aromatic nitrogens is 1. The molecule has 17 heavy (non-hydrogen) atoms. The van der Waals surface area contributed by atoms with E-state index in [-0.39, 0.29) is 13.2 Å². The van der Waals surface area contributed by atoms with Crippen LogP contribution in [-0.2, 0) is 6.54 Å². The first-order chi connectivity index (χ1) is 7.99. The molecule has 0 spiro atoms. The molecule has 0 aliphatic heterocycles. The van der Waals surface area contributed by atoms with E-state index in [1.807, 2.05) is 24.9 Å².